The number of carbonyl (C=O) groups is 3. The highest BCUT2D eigenvalue weighted by Gasteiger charge is 2.25. The van der Waals surface area contributed by atoms with Gasteiger partial charge in [-0.05, 0) is 60.5 Å². The van der Waals surface area contributed by atoms with Gasteiger partial charge in [0.05, 0.1) is 0 Å². The summed E-state index contributed by atoms with van der Waals surface area (Å²) in [5.74, 6) is -0.330. The number of rotatable bonds is 4. The number of hydrogen-bond acceptors (Lipinski definition) is 3. The van der Waals surface area contributed by atoms with Crippen molar-refractivity contribution in [3.63, 3.8) is 0 Å². The second-order valence-corrected chi connectivity index (χ2v) is 7.80. The van der Waals surface area contributed by atoms with Crippen LogP contribution in [0.25, 0.3) is 0 Å². The second kappa shape index (κ2) is 8.19. The van der Waals surface area contributed by atoms with E-state index in [0.717, 1.165) is 12.1 Å². The average Bonchev–Trinajstić information content (AvgIpc) is 3.45. The van der Waals surface area contributed by atoms with Crippen LogP contribution in [0.3, 0.4) is 0 Å². The average molecular weight is 426 g/mol. The summed E-state index contributed by atoms with van der Waals surface area (Å²) in [4.78, 5) is 41.0. The van der Waals surface area contributed by atoms with Crippen LogP contribution in [-0.2, 0) is 6.42 Å². The van der Waals surface area contributed by atoms with Gasteiger partial charge < -0.3 is 15.5 Å². The summed E-state index contributed by atoms with van der Waals surface area (Å²) in [6.45, 7) is 1.83. The van der Waals surface area contributed by atoms with Gasteiger partial charge in [-0.2, -0.15) is 0 Å². The molecular formula is C25H22N4O3. The Balaban J connectivity index is 1.28. The number of urea groups is 1. The Labute approximate surface area is 185 Å². The van der Waals surface area contributed by atoms with Gasteiger partial charge in [0.2, 0.25) is 0 Å². The topological polar surface area (TPSA) is 81.8 Å². The number of benzene rings is 3. The van der Waals surface area contributed by atoms with Gasteiger partial charge >= 0.3 is 6.03 Å². The molecule has 0 radical (unpaired) electrons. The van der Waals surface area contributed by atoms with Crippen LogP contribution in [0.15, 0.2) is 72.8 Å². The summed E-state index contributed by atoms with van der Waals surface area (Å²) < 4.78 is 0. The number of nitrogens with one attached hydrogen (secondary N) is 2. The number of carbonyl (C=O) groups excluding carboxylic acids is 3. The first kappa shape index (κ1) is 19.8. The summed E-state index contributed by atoms with van der Waals surface area (Å²) in [6, 6.07) is 21.6. The highest BCUT2D eigenvalue weighted by molar-refractivity contribution is 6.08. The second-order valence-electron chi connectivity index (χ2n) is 7.80. The Morgan fingerprint density at radius 3 is 2.47 bits per heavy atom. The first-order chi connectivity index (χ1) is 15.6. The van der Waals surface area contributed by atoms with Crippen molar-refractivity contribution in [2.24, 2.45) is 0 Å². The summed E-state index contributed by atoms with van der Waals surface area (Å²) >= 11 is 0. The van der Waals surface area contributed by atoms with Gasteiger partial charge in [-0.3, -0.25) is 14.5 Å². The van der Waals surface area contributed by atoms with E-state index in [1.165, 1.54) is 5.56 Å². The van der Waals surface area contributed by atoms with E-state index in [0.29, 0.717) is 42.1 Å². The molecule has 7 nitrogen and oxygen atoms in total. The quantitative estimate of drug-likeness (QED) is 0.668. The Hall–Kier alpha value is -4.13. The maximum absolute atomic E-state index is 13.0. The lowest BCUT2D eigenvalue weighted by atomic mass is 10.1. The van der Waals surface area contributed by atoms with Crippen LogP contribution in [0.1, 0.15) is 26.3 Å². The normalized spacial score (nSPS) is 14.8. The van der Waals surface area contributed by atoms with Crippen LogP contribution < -0.4 is 20.4 Å². The summed E-state index contributed by atoms with van der Waals surface area (Å²) in [7, 11) is 0. The van der Waals surface area contributed by atoms with Gasteiger partial charge in [0.15, 0.2) is 0 Å². The molecule has 1 saturated heterocycles. The van der Waals surface area contributed by atoms with Crippen LogP contribution in [0.5, 0.6) is 0 Å². The first-order valence-electron chi connectivity index (χ1n) is 10.6. The van der Waals surface area contributed by atoms with Crippen LogP contribution >= 0.6 is 0 Å². The Morgan fingerprint density at radius 1 is 0.875 bits per heavy atom. The van der Waals surface area contributed by atoms with Gasteiger partial charge in [-0.15, -0.1) is 0 Å². The zero-order valence-corrected chi connectivity index (χ0v) is 17.4. The van der Waals surface area contributed by atoms with Crippen LogP contribution in [0.4, 0.5) is 21.9 Å². The molecule has 4 amide bonds. The molecule has 0 atom stereocenters. The lowest BCUT2D eigenvalue weighted by Gasteiger charge is -2.17. The van der Waals surface area contributed by atoms with E-state index in [1.54, 1.807) is 58.3 Å². The zero-order chi connectivity index (χ0) is 22.1. The maximum atomic E-state index is 13.0. The van der Waals surface area contributed by atoms with E-state index in [4.69, 9.17) is 0 Å². The minimum absolute atomic E-state index is 0.0515. The summed E-state index contributed by atoms with van der Waals surface area (Å²) in [6.07, 6.45) is 0.855. The minimum Gasteiger partial charge on any atom is -0.336 e. The van der Waals surface area contributed by atoms with E-state index in [9.17, 15) is 14.4 Å². The lowest BCUT2D eigenvalue weighted by Crippen LogP contribution is -2.28. The third kappa shape index (κ3) is 3.69. The van der Waals surface area contributed by atoms with Crippen molar-refractivity contribution in [2.45, 2.75) is 6.42 Å². The number of amides is 4. The van der Waals surface area contributed by atoms with Crippen LogP contribution in [0.2, 0.25) is 0 Å². The van der Waals surface area contributed by atoms with Crippen molar-refractivity contribution in [1.82, 2.24) is 5.32 Å². The van der Waals surface area contributed by atoms with E-state index in [1.807, 2.05) is 24.3 Å². The molecular weight excluding hydrogens is 404 g/mol. The summed E-state index contributed by atoms with van der Waals surface area (Å²) in [5, 5.41) is 5.61. The molecule has 2 aliphatic rings. The van der Waals surface area contributed by atoms with Crippen molar-refractivity contribution in [3.8, 4) is 0 Å². The molecule has 32 heavy (non-hydrogen) atoms. The third-order valence-electron chi connectivity index (χ3n) is 5.80. The molecule has 1 fully saturated rings. The van der Waals surface area contributed by atoms with Gasteiger partial charge in [0.1, 0.15) is 0 Å². The van der Waals surface area contributed by atoms with Gasteiger partial charge in [0, 0.05) is 47.8 Å². The molecule has 7 heteroatoms. The van der Waals surface area contributed by atoms with E-state index in [-0.39, 0.29) is 17.8 Å². The van der Waals surface area contributed by atoms with E-state index in [2.05, 4.69) is 10.6 Å². The number of para-hydroxylation sites is 1. The van der Waals surface area contributed by atoms with Crippen molar-refractivity contribution < 1.29 is 14.4 Å². The smallest absolute Gasteiger partial charge is 0.321 e. The molecule has 3 aromatic rings. The molecule has 2 N–H and O–H groups in total. The molecule has 0 unspecified atom stereocenters. The zero-order valence-electron chi connectivity index (χ0n) is 17.4. The van der Waals surface area contributed by atoms with Crippen molar-refractivity contribution in [1.29, 1.82) is 0 Å². The maximum Gasteiger partial charge on any atom is 0.321 e. The molecule has 0 aliphatic carbocycles. The predicted octanol–water partition coefficient (Wildman–Crippen LogP) is 3.67. The SMILES string of the molecule is O=C(Nc1ccc(C(=O)N2CCc3ccccc32)cc1)c1cccc(N2CCNC2=O)c1. The van der Waals surface area contributed by atoms with E-state index < -0.39 is 0 Å². The number of nitrogens with zero attached hydrogens (tertiary/aromatic N) is 2. The van der Waals surface area contributed by atoms with Gasteiger partial charge in [0.25, 0.3) is 11.8 Å². The summed E-state index contributed by atoms with van der Waals surface area (Å²) in [5.41, 5.74) is 4.44. The molecule has 160 valence electrons. The fourth-order valence-corrected chi connectivity index (χ4v) is 4.14. The molecule has 2 heterocycles. The number of anilines is 3. The van der Waals surface area contributed by atoms with E-state index >= 15 is 0 Å². The Morgan fingerprint density at radius 2 is 1.69 bits per heavy atom. The van der Waals surface area contributed by atoms with Crippen molar-refractivity contribution >= 4 is 34.9 Å². The highest BCUT2D eigenvalue weighted by atomic mass is 16.2. The van der Waals surface area contributed by atoms with Gasteiger partial charge in [-0.1, -0.05) is 24.3 Å². The fourth-order valence-electron chi connectivity index (χ4n) is 4.14. The number of hydrogen-bond donors (Lipinski definition) is 2. The molecule has 0 bridgehead atoms. The van der Waals surface area contributed by atoms with Crippen molar-refractivity contribution in [2.75, 3.05) is 34.8 Å². The Kier molecular flexibility index (Phi) is 5.07. The largest absolute Gasteiger partial charge is 0.336 e. The molecule has 2 aliphatic heterocycles. The highest BCUT2D eigenvalue weighted by Crippen LogP contribution is 2.29. The van der Waals surface area contributed by atoms with Crippen LogP contribution in [-0.4, -0.2) is 37.5 Å². The van der Waals surface area contributed by atoms with Crippen LogP contribution in [0, 0.1) is 0 Å². The molecule has 3 aromatic carbocycles. The molecule has 5 rings (SSSR count). The lowest BCUT2D eigenvalue weighted by molar-refractivity contribution is 0.0988. The standard InChI is InChI=1S/C25H22N4O3/c30-23(19-5-3-6-21(16-19)28-15-13-26-25(28)32)27-20-10-8-18(9-11-20)24(31)29-14-12-17-4-1-2-7-22(17)29/h1-11,16H,12-15H2,(H,26,32)(H,27,30). The predicted molar refractivity (Wildman–Crippen MR) is 123 cm³/mol. The molecule has 0 spiro atoms. The Bertz CT molecular complexity index is 1210. The van der Waals surface area contributed by atoms with Gasteiger partial charge in [-0.25, -0.2) is 4.79 Å². The monoisotopic (exact) mass is 426 g/mol. The number of fused-ring (bicyclic) bond motifs is 1. The third-order valence-corrected chi connectivity index (χ3v) is 5.80. The fraction of sp³-hybridized carbons (Fsp3) is 0.160. The molecule has 0 aromatic heterocycles. The first-order valence-corrected chi connectivity index (χ1v) is 10.6. The molecule has 0 saturated carbocycles. The van der Waals surface area contributed by atoms with Crippen molar-refractivity contribution in [3.05, 3.63) is 89.5 Å². The minimum atomic E-state index is -0.279.